The molecule has 1 aliphatic heterocycles. The summed E-state index contributed by atoms with van der Waals surface area (Å²) in [6.07, 6.45) is 5.21. The van der Waals surface area contributed by atoms with Gasteiger partial charge in [0.1, 0.15) is 0 Å². The molecule has 2 heterocycles. The number of rotatable bonds is 7. The number of benzene rings is 1. The molecule has 134 valence electrons. The molecule has 0 saturated carbocycles. The van der Waals surface area contributed by atoms with E-state index in [9.17, 15) is 4.79 Å². The van der Waals surface area contributed by atoms with Crippen molar-refractivity contribution in [1.29, 1.82) is 0 Å². The van der Waals surface area contributed by atoms with Gasteiger partial charge in [-0.3, -0.25) is 9.69 Å². The van der Waals surface area contributed by atoms with Crippen LogP contribution in [0.2, 0.25) is 0 Å². The van der Waals surface area contributed by atoms with Crippen molar-refractivity contribution in [2.24, 2.45) is 5.92 Å². The molecule has 1 amide bonds. The van der Waals surface area contributed by atoms with Gasteiger partial charge in [0, 0.05) is 18.2 Å². The predicted molar refractivity (Wildman–Crippen MR) is 101 cm³/mol. The first kappa shape index (κ1) is 17.7. The second kappa shape index (κ2) is 8.34. The van der Waals surface area contributed by atoms with Gasteiger partial charge in [-0.25, -0.2) is 0 Å². The summed E-state index contributed by atoms with van der Waals surface area (Å²) in [6, 6.07) is 12.2. The van der Waals surface area contributed by atoms with Crippen LogP contribution in [-0.2, 0) is 0 Å². The Morgan fingerprint density at radius 1 is 1.16 bits per heavy atom. The first-order chi connectivity index (χ1) is 12.1. The van der Waals surface area contributed by atoms with E-state index in [0.29, 0.717) is 24.3 Å². The first-order valence-electron chi connectivity index (χ1n) is 9.30. The molecule has 1 unspecified atom stereocenters. The molecule has 1 aliphatic rings. The Hall–Kier alpha value is -2.07. The number of furan rings is 1. The average molecular weight is 340 g/mol. The average Bonchev–Trinajstić information content (AvgIpc) is 3.30. The summed E-state index contributed by atoms with van der Waals surface area (Å²) in [4.78, 5) is 15.2. The van der Waals surface area contributed by atoms with Gasteiger partial charge in [0.05, 0.1) is 6.26 Å². The third-order valence-electron chi connectivity index (χ3n) is 4.86. The topological polar surface area (TPSA) is 45.5 Å². The Kier molecular flexibility index (Phi) is 5.92. The molecule has 1 fully saturated rings. The molecule has 0 aliphatic carbocycles. The summed E-state index contributed by atoms with van der Waals surface area (Å²) < 4.78 is 5.49. The third kappa shape index (κ3) is 4.51. The number of carbonyl (C=O) groups is 1. The van der Waals surface area contributed by atoms with Crippen LogP contribution in [0.4, 0.5) is 0 Å². The number of amides is 1. The van der Waals surface area contributed by atoms with E-state index >= 15 is 0 Å². The number of likely N-dealkylation sites (tertiary alicyclic amines) is 1. The maximum atomic E-state index is 12.7. The van der Waals surface area contributed by atoms with Gasteiger partial charge in [-0.1, -0.05) is 44.2 Å². The van der Waals surface area contributed by atoms with Crippen LogP contribution in [0.3, 0.4) is 0 Å². The lowest BCUT2D eigenvalue weighted by molar-refractivity contribution is 0.0906. The second-order valence-electron chi connectivity index (χ2n) is 7.27. The Labute approximate surface area is 150 Å². The second-order valence-corrected chi connectivity index (χ2v) is 7.27. The molecule has 0 bridgehead atoms. The monoisotopic (exact) mass is 340 g/mol. The highest BCUT2D eigenvalue weighted by atomic mass is 16.3. The molecule has 0 radical (unpaired) electrons. The van der Waals surface area contributed by atoms with Gasteiger partial charge in [-0.05, 0) is 49.9 Å². The summed E-state index contributed by atoms with van der Waals surface area (Å²) in [7, 11) is 0. The van der Waals surface area contributed by atoms with Gasteiger partial charge < -0.3 is 9.73 Å². The highest BCUT2D eigenvalue weighted by Crippen LogP contribution is 2.25. The Morgan fingerprint density at radius 3 is 2.56 bits per heavy atom. The van der Waals surface area contributed by atoms with Gasteiger partial charge >= 0.3 is 0 Å². The third-order valence-corrected chi connectivity index (χ3v) is 4.86. The lowest BCUT2D eigenvalue weighted by atomic mass is 10.0. The first-order valence-corrected chi connectivity index (χ1v) is 9.30. The molecule has 1 N–H and O–H groups in total. The van der Waals surface area contributed by atoms with Crippen molar-refractivity contribution in [2.75, 3.05) is 19.6 Å². The van der Waals surface area contributed by atoms with E-state index in [-0.39, 0.29) is 5.91 Å². The van der Waals surface area contributed by atoms with Crippen LogP contribution < -0.4 is 5.32 Å². The zero-order valence-electron chi connectivity index (χ0n) is 15.2. The van der Waals surface area contributed by atoms with Crippen molar-refractivity contribution in [3.05, 3.63) is 48.4 Å². The SMILES string of the molecule is CC(C)CC(CNC(=O)c1occc1-c1ccccc1)N1CCCC1. The molecule has 3 rings (SSSR count). The van der Waals surface area contributed by atoms with E-state index in [1.807, 2.05) is 36.4 Å². The van der Waals surface area contributed by atoms with Crippen molar-refractivity contribution in [3.63, 3.8) is 0 Å². The van der Waals surface area contributed by atoms with Gasteiger partial charge in [0.15, 0.2) is 5.76 Å². The van der Waals surface area contributed by atoms with Crippen LogP contribution in [0.5, 0.6) is 0 Å². The fraction of sp³-hybridized carbons (Fsp3) is 0.476. The van der Waals surface area contributed by atoms with Crippen molar-refractivity contribution in [1.82, 2.24) is 10.2 Å². The minimum atomic E-state index is -0.128. The van der Waals surface area contributed by atoms with Crippen molar-refractivity contribution in [2.45, 2.75) is 39.2 Å². The molecule has 2 aromatic rings. The minimum absolute atomic E-state index is 0.128. The lowest BCUT2D eigenvalue weighted by Crippen LogP contribution is -2.43. The zero-order chi connectivity index (χ0) is 17.6. The van der Waals surface area contributed by atoms with Gasteiger partial charge in [0.2, 0.25) is 0 Å². The summed E-state index contributed by atoms with van der Waals surface area (Å²) in [5.74, 6) is 0.888. The van der Waals surface area contributed by atoms with Crippen molar-refractivity contribution >= 4 is 5.91 Å². The summed E-state index contributed by atoms with van der Waals surface area (Å²) in [5, 5.41) is 3.10. The highest BCUT2D eigenvalue weighted by molar-refractivity contribution is 5.98. The van der Waals surface area contributed by atoms with Crippen LogP contribution >= 0.6 is 0 Å². The molecule has 1 aromatic carbocycles. The normalized spacial score (nSPS) is 16.3. The van der Waals surface area contributed by atoms with Crippen molar-refractivity contribution < 1.29 is 9.21 Å². The van der Waals surface area contributed by atoms with E-state index in [1.54, 1.807) is 6.26 Å². The number of nitrogens with zero attached hydrogens (tertiary/aromatic N) is 1. The molecule has 4 heteroatoms. The Bertz CT molecular complexity index is 672. The van der Waals surface area contributed by atoms with Crippen LogP contribution in [0, 0.1) is 5.92 Å². The number of hydrogen-bond donors (Lipinski definition) is 1. The van der Waals surface area contributed by atoms with Crippen LogP contribution in [-0.4, -0.2) is 36.5 Å². The zero-order valence-corrected chi connectivity index (χ0v) is 15.2. The van der Waals surface area contributed by atoms with Gasteiger partial charge in [-0.2, -0.15) is 0 Å². The lowest BCUT2D eigenvalue weighted by Gasteiger charge is -2.29. The highest BCUT2D eigenvalue weighted by Gasteiger charge is 2.24. The van der Waals surface area contributed by atoms with Crippen LogP contribution in [0.1, 0.15) is 43.7 Å². The number of carbonyl (C=O) groups excluding carboxylic acids is 1. The van der Waals surface area contributed by atoms with E-state index in [4.69, 9.17) is 4.42 Å². The largest absolute Gasteiger partial charge is 0.459 e. The van der Waals surface area contributed by atoms with Gasteiger partial charge in [-0.15, -0.1) is 0 Å². The number of hydrogen-bond acceptors (Lipinski definition) is 3. The maximum absolute atomic E-state index is 12.7. The molecule has 4 nitrogen and oxygen atoms in total. The molecule has 25 heavy (non-hydrogen) atoms. The molecule has 0 spiro atoms. The Balaban J connectivity index is 1.66. The molecule has 1 saturated heterocycles. The maximum Gasteiger partial charge on any atom is 0.287 e. The molecular weight excluding hydrogens is 312 g/mol. The summed E-state index contributed by atoms with van der Waals surface area (Å²) in [6.45, 7) is 7.44. The molecule has 1 aromatic heterocycles. The summed E-state index contributed by atoms with van der Waals surface area (Å²) in [5.41, 5.74) is 1.85. The molecular formula is C21H28N2O2. The standard InChI is InChI=1S/C21H28N2O2/c1-16(2)14-18(23-11-6-7-12-23)15-22-21(24)20-19(10-13-25-20)17-8-4-3-5-9-17/h3-5,8-10,13,16,18H,6-7,11-12,14-15H2,1-2H3,(H,22,24). The Morgan fingerprint density at radius 2 is 1.88 bits per heavy atom. The molecule has 1 atom stereocenters. The fourth-order valence-electron chi connectivity index (χ4n) is 3.63. The van der Waals surface area contributed by atoms with Crippen LogP contribution in [0.15, 0.2) is 47.1 Å². The van der Waals surface area contributed by atoms with Crippen LogP contribution in [0.25, 0.3) is 11.1 Å². The summed E-state index contributed by atoms with van der Waals surface area (Å²) >= 11 is 0. The van der Waals surface area contributed by atoms with E-state index in [1.165, 1.54) is 12.8 Å². The minimum Gasteiger partial charge on any atom is -0.459 e. The smallest absolute Gasteiger partial charge is 0.287 e. The van der Waals surface area contributed by atoms with E-state index < -0.39 is 0 Å². The predicted octanol–water partition coefficient (Wildman–Crippen LogP) is 4.19. The fourth-order valence-corrected chi connectivity index (χ4v) is 3.63. The quantitative estimate of drug-likeness (QED) is 0.822. The van der Waals surface area contributed by atoms with E-state index in [2.05, 4.69) is 24.1 Å². The van der Waals surface area contributed by atoms with Gasteiger partial charge in [0.25, 0.3) is 5.91 Å². The van der Waals surface area contributed by atoms with E-state index in [0.717, 1.165) is 30.6 Å². The number of nitrogens with one attached hydrogen (secondary N) is 1. The van der Waals surface area contributed by atoms with Crippen molar-refractivity contribution in [3.8, 4) is 11.1 Å².